The Kier molecular flexibility index (Phi) is 7.58. The maximum absolute atomic E-state index is 13.7. The van der Waals surface area contributed by atoms with E-state index < -0.39 is 29.5 Å². The van der Waals surface area contributed by atoms with E-state index in [4.69, 9.17) is 69.6 Å². The summed E-state index contributed by atoms with van der Waals surface area (Å²) < 4.78 is 0. The number of nitrogens with zero attached hydrogens (tertiary/aromatic N) is 2. The van der Waals surface area contributed by atoms with E-state index in [1.807, 2.05) is 0 Å². The number of Topliss-reactive ketones (excluding diaryl/α,β-unsaturated/α-hetero) is 1. The third-order valence-corrected chi connectivity index (χ3v) is 8.02. The van der Waals surface area contributed by atoms with E-state index in [0.717, 1.165) is 5.01 Å². The summed E-state index contributed by atoms with van der Waals surface area (Å²) in [5.41, 5.74) is -0.475. The SMILES string of the molecule is C[C@H](C(=O)c1ccccc1)N(C(=O)c1ccc(Cl)c(Cl)c1)N1C(=O)c2c(Cl)c(Cl)c(Cl)c(Cl)c2C1=O. The molecule has 1 aliphatic heterocycles. The van der Waals surface area contributed by atoms with E-state index in [0.29, 0.717) is 5.01 Å². The van der Waals surface area contributed by atoms with Crippen LogP contribution in [0.2, 0.25) is 30.1 Å². The van der Waals surface area contributed by atoms with Crippen molar-refractivity contribution >= 4 is 93.1 Å². The van der Waals surface area contributed by atoms with Gasteiger partial charge in [0, 0.05) is 11.1 Å². The van der Waals surface area contributed by atoms with E-state index in [9.17, 15) is 19.2 Å². The number of imide groups is 1. The largest absolute Gasteiger partial charge is 0.292 e. The molecule has 3 amide bonds. The first-order chi connectivity index (χ1) is 17.0. The molecule has 36 heavy (non-hydrogen) atoms. The molecule has 0 saturated heterocycles. The zero-order valence-electron chi connectivity index (χ0n) is 18.0. The Morgan fingerprint density at radius 2 is 1.25 bits per heavy atom. The van der Waals surface area contributed by atoms with E-state index >= 15 is 0 Å². The summed E-state index contributed by atoms with van der Waals surface area (Å²) in [7, 11) is 0. The molecule has 0 spiro atoms. The first-order valence-corrected chi connectivity index (χ1v) is 12.4. The van der Waals surface area contributed by atoms with Crippen molar-refractivity contribution in [2.24, 2.45) is 0 Å². The van der Waals surface area contributed by atoms with Crippen LogP contribution in [0.3, 0.4) is 0 Å². The second-order valence-corrected chi connectivity index (χ2v) is 9.94. The van der Waals surface area contributed by atoms with E-state index in [1.54, 1.807) is 18.2 Å². The first kappa shape index (κ1) is 26.7. The highest BCUT2D eigenvalue weighted by molar-refractivity contribution is 6.55. The summed E-state index contributed by atoms with van der Waals surface area (Å²) in [6.07, 6.45) is 0. The molecular weight excluding hydrogens is 593 g/mol. The second kappa shape index (κ2) is 10.2. The van der Waals surface area contributed by atoms with Gasteiger partial charge in [-0.2, -0.15) is 5.01 Å². The van der Waals surface area contributed by atoms with Crippen LogP contribution >= 0.6 is 69.6 Å². The molecule has 0 aromatic heterocycles. The summed E-state index contributed by atoms with van der Waals surface area (Å²) in [5, 5.41) is 0.367. The standard InChI is InChI=1S/C24H12Cl6N2O4/c1-10(21(33)11-5-3-2-4-6-11)31(22(34)12-7-8-13(25)14(26)9-12)32-23(35)15-16(24(32)36)18(28)20(30)19(29)17(15)27/h2-10H,1H3/t10-/m1/s1. The summed E-state index contributed by atoms with van der Waals surface area (Å²) >= 11 is 36.7. The van der Waals surface area contributed by atoms with Gasteiger partial charge in [-0.1, -0.05) is 99.9 Å². The minimum absolute atomic E-state index is 0.0399. The average Bonchev–Trinajstić information content (AvgIpc) is 3.13. The van der Waals surface area contributed by atoms with E-state index in [1.165, 1.54) is 37.3 Å². The second-order valence-electron chi connectivity index (χ2n) is 7.61. The van der Waals surface area contributed by atoms with E-state index in [-0.39, 0.29) is 52.4 Å². The van der Waals surface area contributed by atoms with Crippen molar-refractivity contribution in [2.75, 3.05) is 0 Å². The Hall–Kier alpha value is -2.32. The molecule has 12 heteroatoms. The molecule has 0 bridgehead atoms. The number of rotatable bonds is 5. The van der Waals surface area contributed by atoms with Gasteiger partial charge in [0.2, 0.25) is 0 Å². The first-order valence-electron chi connectivity index (χ1n) is 10.1. The average molecular weight is 605 g/mol. The number of amides is 3. The number of hydrazine groups is 1. The zero-order chi connectivity index (χ0) is 26.5. The van der Waals surface area contributed by atoms with Crippen LogP contribution in [0.5, 0.6) is 0 Å². The van der Waals surface area contributed by atoms with Gasteiger partial charge in [-0.25, -0.2) is 5.01 Å². The van der Waals surface area contributed by atoms with Gasteiger partial charge in [0.25, 0.3) is 17.7 Å². The number of hydrogen-bond acceptors (Lipinski definition) is 4. The molecule has 0 radical (unpaired) electrons. The van der Waals surface area contributed by atoms with Gasteiger partial charge in [0.15, 0.2) is 5.78 Å². The lowest BCUT2D eigenvalue weighted by Crippen LogP contribution is -2.56. The number of benzene rings is 3. The Bertz CT molecular complexity index is 1410. The van der Waals surface area contributed by atoms with E-state index in [2.05, 4.69) is 0 Å². The quantitative estimate of drug-likeness (QED) is 0.131. The van der Waals surface area contributed by atoms with Gasteiger partial charge in [-0.3, -0.25) is 19.2 Å². The maximum Gasteiger partial charge on any atom is 0.282 e. The molecule has 3 aromatic rings. The minimum Gasteiger partial charge on any atom is -0.292 e. The van der Waals surface area contributed by atoms with Gasteiger partial charge < -0.3 is 0 Å². The molecule has 3 aromatic carbocycles. The number of carbonyl (C=O) groups excluding carboxylic acids is 4. The highest BCUT2D eigenvalue weighted by atomic mass is 35.5. The Labute approximate surface area is 235 Å². The third kappa shape index (κ3) is 4.36. The molecule has 1 atom stereocenters. The number of hydrogen-bond donors (Lipinski definition) is 0. The van der Waals surface area contributed by atoms with Crippen LogP contribution in [-0.4, -0.2) is 39.6 Å². The lowest BCUT2D eigenvalue weighted by Gasteiger charge is -2.34. The van der Waals surface area contributed by atoms with Crippen molar-refractivity contribution < 1.29 is 19.2 Å². The van der Waals surface area contributed by atoms with Crippen molar-refractivity contribution in [3.63, 3.8) is 0 Å². The van der Waals surface area contributed by atoms with Gasteiger partial charge in [0.1, 0.15) is 6.04 Å². The van der Waals surface area contributed by atoms with Crippen LogP contribution < -0.4 is 0 Å². The molecule has 4 rings (SSSR count). The fourth-order valence-corrected chi connectivity index (χ4v) is 5.00. The van der Waals surface area contributed by atoms with Gasteiger partial charge >= 0.3 is 0 Å². The van der Waals surface area contributed by atoms with Crippen molar-refractivity contribution in [2.45, 2.75) is 13.0 Å². The molecule has 0 unspecified atom stereocenters. The highest BCUT2D eigenvalue weighted by Crippen LogP contribution is 2.45. The van der Waals surface area contributed by atoms with Crippen molar-refractivity contribution in [3.8, 4) is 0 Å². The van der Waals surface area contributed by atoms with Crippen LogP contribution in [0.15, 0.2) is 48.5 Å². The number of halogens is 6. The third-order valence-electron chi connectivity index (χ3n) is 5.47. The Morgan fingerprint density at radius 1 is 0.722 bits per heavy atom. The zero-order valence-corrected chi connectivity index (χ0v) is 22.5. The van der Waals surface area contributed by atoms with Crippen LogP contribution in [0.1, 0.15) is 48.4 Å². The minimum atomic E-state index is -1.33. The normalized spacial score (nSPS) is 13.6. The Morgan fingerprint density at radius 3 is 1.75 bits per heavy atom. The molecule has 0 fully saturated rings. The topological polar surface area (TPSA) is 74.8 Å². The maximum atomic E-state index is 13.7. The fraction of sp³-hybridized carbons (Fsp3) is 0.0833. The lowest BCUT2D eigenvalue weighted by molar-refractivity contribution is -0.00679. The lowest BCUT2D eigenvalue weighted by atomic mass is 10.0. The van der Waals surface area contributed by atoms with Gasteiger partial charge in [0.05, 0.1) is 41.3 Å². The molecule has 6 nitrogen and oxygen atoms in total. The Balaban J connectivity index is 1.89. The molecule has 1 heterocycles. The summed E-state index contributed by atoms with van der Waals surface area (Å²) in [5.74, 6) is -3.46. The predicted molar refractivity (Wildman–Crippen MR) is 140 cm³/mol. The summed E-state index contributed by atoms with van der Waals surface area (Å²) in [4.78, 5) is 54.1. The fourth-order valence-electron chi connectivity index (χ4n) is 3.69. The monoisotopic (exact) mass is 602 g/mol. The molecule has 0 saturated carbocycles. The molecule has 0 aliphatic carbocycles. The molecular formula is C24H12Cl6N2O4. The van der Waals surface area contributed by atoms with Crippen LogP contribution in [0, 0.1) is 0 Å². The number of fused-ring (bicyclic) bond motifs is 1. The van der Waals surface area contributed by atoms with Crippen LogP contribution in [0.4, 0.5) is 0 Å². The van der Waals surface area contributed by atoms with Gasteiger partial charge in [-0.15, -0.1) is 0 Å². The van der Waals surface area contributed by atoms with Gasteiger partial charge in [-0.05, 0) is 25.1 Å². The number of ketones is 1. The highest BCUT2D eigenvalue weighted by Gasteiger charge is 2.48. The smallest absolute Gasteiger partial charge is 0.282 e. The molecule has 1 aliphatic rings. The molecule has 184 valence electrons. The predicted octanol–water partition coefficient (Wildman–Crippen LogP) is 7.53. The number of carbonyl (C=O) groups is 4. The van der Waals surface area contributed by atoms with Crippen LogP contribution in [0.25, 0.3) is 0 Å². The van der Waals surface area contributed by atoms with Crippen molar-refractivity contribution in [3.05, 3.63) is 101 Å². The molecule has 0 N–H and O–H groups in total. The van der Waals surface area contributed by atoms with Crippen molar-refractivity contribution in [1.29, 1.82) is 0 Å². The summed E-state index contributed by atoms with van der Waals surface area (Å²) in [6.45, 7) is 1.37. The van der Waals surface area contributed by atoms with Crippen molar-refractivity contribution in [1.82, 2.24) is 10.0 Å². The summed E-state index contributed by atoms with van der Waals surface area (Å²) in [6, 6.07) is 10.7. The van der Waals surface area contributed by atoms with Crippen LogP contribution in [-0.2, 0) is 0 Å².